The molecular weight excluding hydrogens is 528 g/mol. The Morgan fingerprint density at radius 1 is 1.21 bits per heavy atom. The first-order chi connectivity index (χ1) is 17.7. The number of H-pyrrole nitrogens is 2. The van der Waals surface area contributed by atoms with Crippen LogP contribution in [0.15, 0.2) is 28.0 Å². The molecule has 2 bridgehead atoms. The average molecular weight is 545 g/mol. The van der Waals surface area contributed by atoms with Crippen molar-refractivity contribution in [2.45, 2.75) is 43.0 Å². The largest absolute Gasteiger partial charge is 0.438 e. The number of anilines is 1. The number of nitrogens with zero attached hydrogens (tertiary/aromatic N) is 4. The zero-order valence-corrected chi connectivity index (χ0v) is 19.0. The van der Waals surface area contributed by atoms with Crippen molar-refractivity contribution in [3.8, 4) is 11.3 Å². The van der Waals surface area contributed by atoms with Crippen LogP contribution in [0.25, 0.3) is 16.9 Å². The number of halogens is 6. The quantitative estimate of drug-likeness (QED) is 0.426. The number of rotatable bonds is 4. The molecule has 38 heavy (non-hydrogen) atoms. The van der Waals surface area contributed by atoms with Crippen LogP contribution in [-0.4, -0.2) is 67.5 Å². The fourth-order valence-corrected chi connectivity index (χ4v) is 5.55. The van der Waals surface area contributed by atoms with E-state index in [4.69, 9.17) is 4.74 Å². The van der Waals surface area contributed by atoms with E-state index in [1.807, 2.05) is 4.98 Å². The Bertz CT molecular complexity index is 1580. The number of alkyl halides is 5. The summed E-state index contributed by atoms with van der Waals surface area (Å²) in [5.74, 6) is -4.55. The van der Waals surface area contributed by atoms with E-state index in [-0.39, 0.29) is 41.9 Å². The molecular formula is C21H17F6N7O4. The maximum Gasteiger partial charge on any atom is 0.408 e. The van der Waals surface area contributed by atoms with E-state index in [0.29, 0.717) is 4.52 Å². The van der Waals surface area contributed by atoms with Crippen LogP contribution < -0.4 is 21.5 Å². The van der Waals surface area contributed by atoms with Crippen LogP contribution in [0, 0.1) is 11.4 Å². The summed E-state index contributed by atoms with van der Waals surface area (Å²) in [7, 11) is 0. The average Bonchev–Trinajstić information content (AvgIpc) is 3.27. The summed E-state index contributed by atoms with van der Waals surface area (Å²) < 4.78 is 88.9. The summed E-state index contributed by atoms with van der Waals surface area (Å²) in [6.45, 7) is -1.56. The number of fused-ring (bicyclic) bond motifs is 1. The minimum absolute atomic E-state index is 0.0674. The number of nitrogens with one attached hydrogen (secondary N) is 3. The van der Waals surface area contributed by atoms with E-state index < -0.39 is 65.5 Å². The van der Waals surface area contributed by atoms with Gasteiger partial charge >= 0.3 is 23.9 Å². The summed E-state index contributed by atoms with van der Waals surface area (Å²) in [4.78, 5) is 45.0. The monoisotopic (exact) mass is 545 g/mol. The Labute approximate surface area is 206 Å². The van der Waals surface area contributed by atoms with Gasteiger partial charge in [0.05, 0.1) is 36.0 Å². The lowest BCUT2D eigenvalue weighted by molar-refractivity contribution is -0.337. The number of hydrogen-bond acceptors (Lipinski definition) is 7. The van der Waals surface area contributed by atoms with Crippen molar-refractivity contribution < 1.29 is 35.9 Å². The van der Waals surface area contributed by atoms with Crippen LogP contribution in [0.1, 0.15) is 19.3 Å². The Balaban J connectivity index is 1.24. The molecule has 1 aliphatic heterocycles. The highest BCUT2D eigenvalue weighted by atomic mass is 19.4. The van der Waals surface area contributed by atoms with E-state index in [1.54, 1.807) is 0 Å². The zero-order chi connectivity index (χ0) is 27.3. The van der Waals surface area contributed by atoms with E-state index in [1.165, 1.54) is 6.07 Å². The molecule has 7 rings (SSSR count). The molecule has 4 fully saturated rings. The molecule has 4 aliphatic rings. The molecule has 1 atom stereocenters. The number of ether oxygens (including phenoxy) is 1. The number of carbonyl (C=O) groups excluding carboxylic acids is 1. The smallest absolute Gasteiger partial charge is 0.408 e. The summed E-state index contributed by atoms with van der Waals surface area (Å²) in [5, 5.41) is 6.26. The van der Waals surface area contributed by atoms with Crippen LogP contribution in [0.4, 0.5) is 36.8 Å². The molecule has 1 saturated heterocycles. The Hall–Kier alpha value is -4.05. The lowest BCUT2D eigenvalue weighted by atomic mass is 9.39. The molecule has 202 valence electrons. The minimum Gasteiger partial charge on any atom is -0.438 e. The number of aromatic amines is 2. The molecule has 1 amide bonds. The molecule has 0 aromatic carbocycles. The lowest BCUT2D eigenvalue weighted by Gasteiger charge is -2.70. The van der Waals surface area contributed by atoms with Gasteiger partial charge in [0.1, 0.15) is 5.69 Å². The van der Waals surface area contributed by atoms with E-state index in [0.717, 1.165) is 17.3 Å². The zero-order valence-electron chi connectivity index (χ0n) is 19.0. The fraction of sp³-hybridized carbons (Fsp3) is 0.476. The molecule has 3 aromatic rings. The first-order valence-corrected chi connectivity index (χ1v) is 11.3. The Kier molecular flexibility index (Phi) is 4.80. The molecule has 11 nitrogen and oxygen atoms in total. The van der Waals surface area contributed by atoms with Gasteiger partial charge in [-0.2, -0.15) is 27.2 Å². The van der Waals surface area contributed by atoms with Crippen LogP contribution in [-0.2, 0) is 4.74 Å². The standard InChI is InChI=1S/C21H17F6N7O4/c22-13-3-28-14-11(1-10(32-34(13)14)9-2-29-16(36)30-15(9)35)33-4-12(20(23,24)8-33)38-17(37)31-19-5-18(6-19,7-19)21(25,26)27/h1-3,12H,4-8H2,(H,31,37)(H2,29,30,35,36)/t12-,18?,19?/m0/s1. The van der Waals surface area contributed by atoms with Crippen molar-refractivity contribution in [3.05, 3.63) is 45.2 Å². The molecule has 3 aromatic heterocycles. The predicted molar refractivity (Wildman–Crippen MR) is 115 cm³/mol. The summed E-state index contributed by atoms with van der Waals surface area (Å²) in [6.07, 6.45) is -6.84. The van der Waals surface area contributed by atoms with Gasteiger partial charge in [0, 0.05) is 11.7 Å². The van der Waals surface area contributed by atoms with E-state index in [2.05, 4.69) is 20.4 Å². The second-order valence-electron chi connectivity index (χ2n) is 9.97. The third-order valence-corrected chi connectivity index (χ3v) is 7.35. The first-order valence-electron chi connectivity index (χ1n) is 11.3. The highest BCUT2D eigenvalue weighted by molar-refractivity contribution is 5.75. The van der Waals surface area contributed by atoms with Gasteiger partial charge in [0.2, 0.25) is 5.95 Å². The van der Waals surface area contributed by atoms with Crippen molar-refractivity contribution in [3.63, 3.8) is 0 Å². The first kappa shape index (κ1) is 24.3. The Morgan fingerprint density at radius 2 is 1.92 bits per heavy atom. The third-order valence-electron chi connectivity index (χ3n) is 7.35. The van der Waals surface area contributed by atoms with Crippen molar-refractivity contribution in [1.82, 2.24) is 29.9 Å². The van der Waals surface area contributed by atoms with E-state index in [9.17, 15) is 40.7 Å². The van der Waals surface area contributed by atoms with E-state index >= 15 is 0 Å². The lowest BCUT2D eigenvalue weighted by Crippen LogP contribution is -2.78. The molecule has 0 radical (unpaired) electrons. The number of amides is 1. The van der Waals surface area contributed by atoms with Gasteiger partial charge in [-0.15, -0.1) is 0 Å². The number of carbonyl (C=O) groups is 1. The molecule has 0 unspecified atom stereocenters. The normalized spacial score (nSPS) is 27.6. The minimum atomic E-state index is -4.40. The van der Waals surface area contributed by atoms with Crippen LogP contribution in [0.3, 0.4) is 0 Å². The molecule has 3 saturated carbocycles. The molecule has 3 aliphatic carbocycles. The second-order valence-corrected chi connectivity index (χ2v) is 9.97. The SMILES string of the molecule is O=C(NC12CC(C(F)(F)F)(C1)C2)O[C@H]1CN(c2cc(-c3c[nH]c(=O)[nH]c3=O)nn3c(F)cnc23)CC1(F)F. The molecule has 0 spiro atoms. The van der Waals surface area contributed by atoms with Crippen LogP contribution in [0.5, 0.6) is 0 Å². The number of imidazole rings is 1. The van der Waals surface area contributed by atoms with Gasteiger partial charge in [0.25, 0.3) is 5.56 Å². The van der Waals surface area contributed by atoms with Crippen LogP contribution >= 0.6 is 0 Å². The summed E-state index contributed by atoms with van der Waals surface area (Å²) in [5.41, 5.74) is -5.23. The maximum atomic E-state index is 14.9. The number of aromatic nitrogens is 5. The third kappa shape index (κ3) is 3.54. The highest BCUT2D eigenvalue weighted by Crippen LogP contribution is 2.73. The van der Waals surface area contributed by atoms with Gasteiger partial charge in [-0.1, -0.05) is 0 Å². The van der Waals surface area contributed by atoms with Crippen LogP contribution in [0.2, 0.25) is 0 Å². The summed E-state index contributed by atoms with van der Waals surface area (Å²) >= 11 is 0. The van der Waals surface area contributed by atoms with Crippen molar-refractivity contribution in [2.75, 3.05) is 18.0 Å². The van der Waals surface area contributed by atoms with Crippen molar-refractivity contribution in [2.24, 2.45) is 5.41 Å². The van der Waals surface area contributed by atoms with Gasteiger partial charge < -0.3 is 19.9 Å². The number of alkyl carbamates (subject to hydrolysis) is 1. The molecule has 3 N–H and O–H groups in total. The van der Waals surface area contributed by atoms with Gasteiger partial charge in [-0.25, -0.2) is 23.4 Å². The molecule has 17 heteroatoms. The maximum absolute atomic E-state index is 14.9. The highest BCUT2D eigenvalue weighted by Gasteiger charge is 2.79. The fourth-order valence-electron chi connectivity index (χ4n) is 5.55. The van der Waals surface area contributed by atoms with Crippen molar-refractivity contribution >= 4 is 17.4 Å². The van der Waals surface area contributed by atoms with Crippen molar-refractivity contribution in [1.29, 1.82) is 0 Å². The van der Waals surface area contributed by atoms with Gasteiger partial charge in [-0.3, -0.25) is 9.78 Å². The summed E-state index contributed by atoms with van der Waals surface area (Å²) in [6, 6.07) is 1.20. The van der Waals surface area contributed by atoms with Gasteiger partial charge in [-0.05, 0) is 25.3 Å². The topological polar surface area (TPSA) is 137 Å². The molecule has 4 heterocycles. The Morgan fingerprint density at radius 3 is 2.58 bits per heavy atom. The number of hydrogen-bond donors (Lipinski definition) is 3. The van der Waals surface area contributed by atoms with Gasteiger partial charge in [0.15, 0.2) is 11.8 Å². The predicted octanol–water partition coefficient (Wildman–Crippen LogP) is 1.95. The second kappa shape index (κ2) is 7.50.